The SMILES string of the molecule is CCCC(CCC)c1c2n(c3cc(C(=O)NSN(C)CCCCN)ccc13)CC1(C(=O)O)CC1c1cc(OC)ccc1-2. The van der Waals surface area contributed by atoms with Gasteiger partial charge in [-0.3, -0.25) is 14.3 Å². The van der Waals surface area contributed by atoms with E-state index in [2.05, 4.69) is 35.3 Å². The monoisotopic (exact) mass is 592 g/mol. The number of hydrogen-bond acceptors (Lipinski definition) is 6. The van der Waals surface area contributed by atoms with E-state index >= 15 is 0 Å². The highest BCUT2D eigenvalue weighted by Gasteiger charge is 2.63. The van der Waals surface area contributed by atoms with E-state index in [0.29, 0.717) is 31.0 Å². The molecule has 2 unspecified atom stereocenters. The maximum absolute atomic E-state index is 13.3. The number of carbonyl (C=O) groups is 2. The van der Waals surface area contributed by atoms with Crippen LogP contribution in [0.15, 0.2) is 36.4 Å². The molecule has 0 spiro atoms. The summed E-state index contributed by atoms with van der Waals surface area (Å²) in [6.07, 6.45) is 6.73. The van der Waals surface area contributed by atoms with Crippen molar-refractivity contribution in [2.24, 2.45) is 11.1 Å². The van der Waals surface area contributed by atoms with Crippen molar-refractivity contribution in [1.82, 2.24) is 13.6 Å². The number of rotatable bonds is 14. The van der Waals surface area contributed by atoms with Crippen molar-refractivity contribution in [1.29, 1.82) is 0 Å². The van der Waals surface area contributed by atoms with Crippen molar-refractivity contribution >= 4 is 34.9 Å². The lowest BCUT2D eigenvalue weighted by atomic mass is 9.85. The molecular formula is C33H44N4O4S. The topological polar surface area (TPSA) is 110 Å². The van der Waals surface area contributed by atoms with Gasteiger partial charge in [0.1, 0.15) is 5.75 Å². The van der Waals surface area contributed by atoms with E-state index in [1.165, 1.54) is 17.7 Å². The van der Waals surface area contributed by atoms with Gasteiger partial charge in [0, 0.05) is 53.2 Å². The number of aliphatic carboxylic acids is 1. The minimum Gasteiger partial charge on any atom is -0.497 e. The fourth-order valence-electron chi connectivity index (χ4n) is 6.86. The number of methoxy groups -OCH3 is 1. The molecule has 1 saturated carbocycles. The van der Waals surface area contributed by atoms with Crippen LogP contribution in [0.1, 0.15) is 92.1 Å². The molecule has 226 valence electrons. The predicted molar refractivity (Wildman–Crippen MR) is 170 cm³/mol. The first kappa shape index (κ1) is 30.4. The Kier molecular flexibility index (Phi) is 9.20. The number of amides is 1. The van der Waals surface area contributed by atoms with Crippen LogP contribution < -0.4 is 15.2 Å². The number of nitrogens with two attached hydrogens (primary N) is 1. The molecule has 3 aromatic rings. The highest BCUT2D eigenvalue weighted by atomic mass is 32.2. The number of hydrogen-bond donors (Lipinski definition) is 3. The Labute approximate surface area is 253 Å². The van der Waals surface area contributed by atoms with Gasteiger partial charge < -0.3 is 20.1 Å². The number of nitrogens with zero attached hydrogens (tertiary/aromatic N) is 2. The average molecular weight is 593 g/mol. The minimum absolute atomic E-state index is 0.0728. The number of ether oxygens (including phenoxy) is 1. The van der Waals surface area contributed by atoms with Gasteiger partial charge in [-0.25, -0.2) is 4.31 Å². The summed E-state index contributed by atoms with van der Waals surface area (Å²) in [5.41, 5.74) is 10.8. The predicted octanol–water partition coefficient (Wildman–Crippen LogP) is 6.54. The number of benzene rings is 2. The van der Waals surface area contributed by atoms with Crippen molar-refractivity contribution in [2.75, 3.05) is 27.2 Å². The van der Waals surface area contributed by atoms with Gasteiger partial charge in [-0.05, 0) is 93.1 Å². The smallest absolute Gasteiger partial charge is 0.312 e. The number of aromatic nitrogens is 1. The second-order valence-electron chi connectivity index (χ2n) is 11.9. The van der Waals surface area contributed by atoms with Gasteiger partial charge in [0.15, 0.2) is 0 Å². The van der Waals surface area contributed by atoms with E-state index in [0.717, 1.165) is 78.5 Å². The van der Waals surface area contributed by atoms with E-state index in [1.807, 2.05) is 35.6 Å². The third-order valence-electron chi connectivity index (χ3n) is 9.10. The van der Waals surface area contributed by atoms with Crippen molar-refractivity contribution in [3.63, 3.8) is 0 Å². The molecule has 2 aromatic carbocycles. The molecule has 1 aliphatic carbocycles. The molecule has 1 amide bonds. The summed E-state index contributed by atoms with van der Waals surface area (Å²) in [6, 6.07) is 12.1. The molecule has 4 N–H and O–H groups in total. The van der Waals surface area contributed by atoms with E-state index in [9.17, 15) is 14.7 Å². The van der Waals surface area contributed by atoms with Gasteiger partial charge >= 0.3 is 5.97 Å². The maximum Gasteiger partial charge on any atom is 0.312 e. The number of carboxylic acids is 1. The van der Waals surface area contributed by atoms with Crippen molar-refractivity contribution in [3.8, 4) is 17.0 Å². The summed E-state index contributed by atoms with van der Waals surface area (Å²) >= 11 is 1.29. The Morgan fingerprint density at radius 2 is 1.95 bits per heavy atom. The van der Waals surface area contributed by atoms with Crippen LogP contribution in [0.4, 0.5) is 0 Å². The molecule has 1 aromatic heterocycles. The average Bonchev–Trinajstić information content (AvgIpc) is 3.66. The Hall–Kier alpha value is -3.01. The van der Waals surface area contributed by atoms with E-state index in [-0.39, 0.29) is 11.8 Å². The van der Waals surface area contributed by atoms with Crippen LogP contribution in [0.3, 0.4) is 0 Å². The van der Waals surface area contributed by atoms with Gasteiger partial charge in [-0.2, -0.15) is 0 Å². The molecule has 0 bridgehead atoms. The van der Waals surface area contributed by atoms with Gasteiger partial charge in [0.25, 0.3) is 5.91 Å². The van der Waals surface area contributed by atoms with Gasteiger partial charge in [0.05, 0.1) is 18.2 Å². The Morgan fingerprint density at radius 3 is 2.62 bits per heavy atom. The highest BCUT2D eigenvalue weighted by Crippen LogP contribution is 2.65. The first-order valence-electron chi connectivity index (χ1n) is 15.3. The van der Waals surface area contributed by atoms with Crippen molar-refractivity contribution < 1.29 is 19.4 Å². The molecule has 2 atom stereocenters. The molecule has 9 heteroatoms. The molecule has 42 heavy (non-hydrogen) atoms. The number of nitrogens with one attached hydrogen (secondary N) is 1. The Bertz CT molecular complexity index is 1460. The fraction of sp³-hybridized carbons (Fsp3) is 0.515. The molecule has 1 aliphatic heterocycles. The van der Waals surface area contributed by atoms with Crippen LogP contribution in [0.5, 0.6) is 5.75 Å². The molecule has 0 saturated heterocycles. The van der Waals surface area contributed by atoms with E-state index < -0.39 is 11.4 Å². The molecule has 8 nitrogen and oxygen atoms in total. The quantitative estimate of drug-likeness (QED) is 0.144. The highest BCUT2D eigenvalue weighted by molar-refractivity contribution is 7.95. The van der Waals surface area contributed by atoms with E-state index in [4.69, 9.17) is 10.5 Å². The lowest BCUT2D eigenvalue weighted by molar-refractivity contribution is -0.144. The summed E-state index contributed by atoms with van der Waals surface area (Å²) in [5.74, 6) is 0.0744. The van der Waals surface area contributed by atoms with Crippen LogP contribution >= 0.6 is 12.1 Å². The lowest BCUT2D eigenvalue weighted by Gasteiger charge is -2.20. The van der Waals surface area contributed by atoms with Crippen molar-refractivity contribution in [2.45, 2.75) is 77.2 Å². The van der Waals surface area contributed by atoms with E-state index in [1.54, 1.807) is 7.11 Å². The number of fused-ring (bicyclic) bond motifs is 7. The van der Waals surface area contributed by atoms with Crippen molar-refractivity contribution in [3.05, 3.63) is 53.1 Å². The second-order valence-corrected chi connectivity index (χ2v) is 12.9. The largest absolute Gasteiger partial charge is 0.497 e. The molecule has 0 radical (unpaired) electrons. The summed E-state index contributed by atoms with van der Waals surface area (Å²) in [4.78, 5) is 26.1. The van der Waals surface area contributed by atoms with Crippen LogP contribution in [0.2, 0.25) is 0 Å². The first-order chi connectivity index (χ1) is 20.3. The molecular weight excluding hydrogens is 548 g/mol. The number of unbranched alkanes of at least 4 members (excludes halogenated alkanes) is 1. The van der Waals surface area contributed by atoms with Gasteiger partial charge in [-0.15, -0.1) is 0 Å². The number of carbonyl (C=O) groups excluding carboxylic acids is 1. The third kappa shape index (κ3) is 5.54. The summed E-state index contributed by atoms with van der Waals surface area (Å²) < 4.78 is 12.8. The molecule has 2 aliphatic rings. The molecule has 2 heterocycles. The zero-order valence-corrected chi connectivity index (χ0v) is 26.1. The number of carboxylic acid groups (broad SMARTS) is 1. The zero-order valence-electron chi connectivity index (χ0n) is 25.2. The Balaban J connectivity index is 1.64. The molecule has 5 rings (SSSR count). The van der Waals surface area contributed by atoms with Gasteiger partial charge in [-0.1, -0.05) is 32.8 Å². The zero-order chi connectivity index (χ0) is 30.0. The first-order valence-corrected chi connectivity index (χ1v) is 16.0. The van der Waals surface area contributed by atoms with Crippen LogP contribution in [0, 0.1) is 5.41 Å². The fourth-order valence-corrected chi connectivity index (χ4v) is 7.44. The Morgan fingerprint density at radius 1 is 1.19 bits per heavy atom. The van der Waals surface area contributed by atoms with Crippen LogP contribution in [-0.2, 0) is 11.3 Å². The van der Waals surface area contributed by atoms with Crippen LogP contribution in [0.25, 0.3) is 22.2 Å². The summed E-state index contributed by atoms with van der Waals surface area (Å²) in [7, 11) is 3.61. The normalized spacial score (nSPS) is 18.9. The summed E-state index contributed by atoms with van der Waals surface area (Å²) in [6.45, 7) is 6.31. The third-order valence-corrected chi connectivity index (χ3v) is 9.87. The lowest BCUT2D eigenvalue weighted by Crippen LogP contribution is -2.24. The molecule has 1 fully saturated rings. The maximum atomic E-state index is 13.3. The van der Waals surface area contributed by atoms with Crippen LogP contribution in [-0.4, -0.2) is 53.1 Å². The summed E-state index contributed by atoms with van der Waals surface area (Å²) in [5, 5.41) is 11.6. The second kappa shape index (κ2) is 12.7. The van der Waals surface area contributed by atoms with Gasteiger partial charge in [0.2, 0.25) is 0 Å². The standard InChI is InChI=1S/C33H44N4O4S/c1-5-9-21(10-6-2)29-25-13-11-22(31(38)35-42-36(3)16-8-7-15-34)17-28(25)37-20-33(32(39)40)19-27(33)26-18-23(41-4)12-14-24(26)30(29)37/h11-14,17-18,21,27H,5-10,15-16,19-20,34H2,1-4H3,(H,35,38)(H,39,40). The minimum atomic E-state index is -0.874.